The summed E-state index contributed by atoms with van der Waals surface area (Å²) in [6.45, 7) is 1.54. The molecule has 0 spiro atoms. The lowest BCUT2D eigenvalue weighted by atomic mass is 10.2. The molecule has 4 rings (SSSR count). The number of nitrogen functional groups attached to an aromatic ring is 1. The minimum atomic E-state index is -0.325. The summed E-state index contributed by atoms with van der Waals surface area (Å²) in [7, 11) is 0. The summed E-state index contributed by atoms with van der Waals surface area (Å²) in [5.74, 6) is 0.633. The molecule has 0 atom stereocenters. The van der Waals surface area contributed by atoms with Gasteiger partial charge in [-0.2, -0.15) is 4.99 Å². The first kappa shape index (κ1) is 13.5. The van der Waals surface area contributed by atoms with Crippen molar-refractivity contribution < 1.29 is 4.79 Å². The van der Waals surface area contributed by atoms with E-state index in [-0.39, 0.29) is 5.91 Å². The van der Waals surface area contributed by atoms with Crippen LogP contribution >= 0.6 is 0 Å². The molecule has 1 aliphatic rings. The van der Waals surface area contributed by atoms with Gasteiger partial charge >= 0.3 is 0 Å². The highest BCUT2D eigenvalue weighted by Crippen LogP contribution is 2.22. The average molecular weight is 305 g/mol. The molecule has 2 aromatic carbocycles. The van der Waals surface area contributed by atoms with Gasteiger partial charge in [0, 0.05) is 29.7 Å². The number of benzene rings is 2. The number of rotatable bonds is 1. The summed E-state index contributed by atoms with van der Waals surface area (Å²) < 4.78 is 1.94. The van der Waals surface area contributed by atoms with Crippen LogP contribution in [0.2, 0.25) is 0 Å². The average Bonchev–Trinajstić information content (AvgIpc) is 3.06. The third kappa shape index (κ3) is 2.34. The van der Waals surface area contributed by atoms with Crippen LogP contribution in [0.4, 0.5) is 11.5 Å². The number of hydrogen-bond acceptors (Lipinski definition) is 4. The zero-order valence-electron chi connectivity index (χ0n) is 12.4. The Morgan fingerprint density at radius 3 is 2.78 bits per heavy atom. The van der Waals surface area contributed by atoms with E-state index in [2.05, 4.69) is 15.3 Å². The highest BCUT2D eigenvalue weighted by molar-refractivity contribution is 5.95. The number of aromatic nitrogens is 2. The number of para-hydroxylation sites is 1. The lowest BCUT2D eigenvalue weighted by Gasteiger charge is -2.07. The second-order valence-corrected chi connectivity index (χ2v) is 5.39. The molecule has 3 aromatic rings. The van der Waals surface area contributed by atoms with Crippen LogP contribution in [0.1, 0.15) is 10.4 Å². The number of carbonyl (C=O) groups excluding carboxylic acids is 1. The van der Waals surface area contributed by atoms with E-state index in [1.54, 1.807) is 24.3 Å². The van der Waals surface area contributed by atoms with Crippen molar-refractivity contribution in [2.24, 2.45) is 4.99 Å². The SMILES string of the molecule is Nc1ccc(C(=O)N=c2nc3ccccc3c3n2CCN3)cc1. The first-order valence-electron chi connectivity index (χ1n) is 7.40. The van der Waals surface area contributed by atoms with Crippen molar-refractivity contribution in [1.82, 2.24) is 9.55 Å². The van der Waals surface area contributed by atoms with E-state index in [0.29, 0.717) is 16.9 Å². The van der Waals surface area contributed by atoms with Gasteiger partial charge in [-0.15, -0.1) is 0 Å². The number of nitrogens with two attached hydrogens (primary N) is 1. The molecule has 0 saturated heterocycles. The largest absolute Gasteiger partial charge is 0.399 e. The Bertz CT molecular complexity index is 972. The number of fused-ring (bicyclic) bond motifs is 3. The van der Waals surface area contributed by atoms with Gasteiger partial charge in [-0.1, -0.05) is 12.1 Å². The van der Waals surface area contributed by atoms with Crippen LogP contribution in [-0.4, -0.2) is 22.0 Å². The van der Waals surface area contributed by atoms with Crippen molar-refractivity contribution in [2.45, 2.75) is 6.54 Å². The van der Waals surface area contributed by atoms with Crippen LogP contribution < -0.4 is 16.7 Å². The quantitative estimate of drug-likeness (QED) is 0.671. The molecule has 114 valence electrons. The molecule has 0 radical (unpaired) electrons. The van der Waals surface area contributed by atoms with Crippen LogP contribution in [0.15, 0.2) is 53.5 Å². The molecule has 0 aliphatic carbocycles. The van der Waals surface area contributed by atoms with Crippen LogP contribution in [0.5, 0.6) is 0 Å². The zero-order valence-corrected chi connectivity index (χ0v) is 12.4. The third-order valence-electron chi connectivity index (χ3n) is 3.88. The molecule has 2 heterocycles. The Hall–Kier alpha value is -3.15. The lowest BCUT2D eigenvalue weighted by Crippen LogP contribution is -2.24. The molecule has 0 unspecified atom stereocenters. The van der Waals surface area contributed by atoms with Gasteiger partial charge in [0.1, 0.15) is 5.82 Å². The molecule has 0 saturated carbocycles. The van der Waals surface area contributed by atoms with E-state index < -0.39 is 0 Å². The number of amides is 1. The smallest absolute Gasteiger partial charge is 0.280 e. The minimum Gasteiger partial charge on any atom is -0.399 e. The summed E-state index contributed by atoms with van der Waals surface area (Å²) in [5, 5.41) is 4.37. The second kappa shape index (κ2) is 5.24. The van der Waals surface area contributed by atoms with Gasteiger partial charge < -0.3 is 11.1 Å². The van der Waals surface area contributed by atoms with Crippen molar-refractivity contribution in [3.8, 4) is 0 Å². The van der Waals surface area contributed by atoms with Crippen LogP contribution in [0, 0.1) is 0 Å². The van der Waals surface area contributed by atoms with Gasteiger partial charge in [0.25, 0.3) is 5.91 Å². The van der Waals surface area contributed by atoms with E-state index in [4.69, 9.17) is 5.73 Å². The van der Waals surface area contributed by atoms with Gasteiger partial charge in [-0.05, 0) is 36.4 Å². The fourth-order valence-electron chi connectivity index (χ4n) is 2.74. The van der Waals surface area contributed by atoms with E-state index in [0.717, 1.165) is 29.8 Å². The van der Waals surface area contributed by atoms with Crippen LogP contribution in [0.25, 0.3) is 10.9 Å². The maximum Gasteiger partial charge on any atom is 0.280 e. The molecular formula is C17H15N5O. The molecule has 1 aliphatic heterocycles. The molecule has 1 amide bonds. The Kier molecular flexibility index (Phi) is 3.08. The van der Waals surface area contributed by atoms with E-state index >= 15 is 0 Å². The number of hydrogen-bond donors (Lipinski definition) is 2. The van der Waals surface area contributed by atoms with Crippen LogP contribution in [-0.2, 0) is 6.54 Å². The van der Waals surface area contributed by atoms with Crippen molar-refractivity contribution in [3.63, 3.8) is 0 Å². The standard InChI is InChI=1S/C17H15N5O/c18-12-7-5-11(6-8-12)16(23)21-17-20-14-4-2-1-3-13(14)15-19-9-10-22(15)17/h1-8,19H,9-10,18H2. The predicted molar refractivity (Wildman–Crippen MR) is 89.0 cm³/mol. The molecule has 3 N–H and O–H groups in total. The highest BCUT2D eigenvalue weighted by atomic mass is 16.1. The third-order valence-corrected chi connectivity index (χ3v) is 3.88. The summed E-state index contributed by atoms with van der Waals surface area (Å²) in [5.41, 5.74) is 8.00. The van der Waals surface area contributed by atoms with Gasteiger partial charge in [-0.3, -0.25) is 9.36 Å². The monoisotopic (exact) mass is 305 g/mol. The first-order chi connectivity index (χ1) is 11.2. The van der Waals surface area contributed by atoms with Crippen molar-refractivity contribution in [1.29, 1.82) is 0 Å². The fourth-order valence-corrected chi connectivity index (χ4v) is 2.74. The number of anilines is 2. The van der Waals surface area contributed by atoms with E-state index in [1.165, 1.54) is 0 Å². The highest BCUT2D eigenvalue weighted by Gasteiger charge is 2.15. The van der Waals surface area contributed by atoms with Gasteiger partial charge in [0.15, 0.2) is 0 Å². The molecule has 6 nitrogen and oxygen atoms in total. The second-order valence-electron chi connectivity index (χ2n) is 5.39. The molecule has 1 aromatic heterocycles. The number of nitrogens with one attached hydrogen (secondary N) is 1. The van der Waals surface area contributed by atoms with Crippen molar-refractivity contribution in [3.05, 3.63) is 59.7 Å². The summed E-state index contributed by atoms with van der Waals surface area (Å²) in [6.07, 6.45) is 0. The normalized spacial score (nSPS) is 13.8. The Morgan fingerprint density at radius 2 is 1.96 bits per heavy atom. The van der Waals surface area contributed by atoms with Gasteiger partial charge in [-0.25, -0.2) is 4.98 Å². The maximum atomic E-state index is 12.4. The molecule has 0 bridgehead atoms. The topological polar surface area (TPSA) is 85.3 Å². The number of carbonyl (C=O) groups is 1. The lowest BCUT2D eigenvalue weighted by molar-refractivity contribution is 0.0996. The Labute approximate surface area is 132 Å². The van der Waals surface area contributed by atoms with E-state index in [9.17, 15) is 4.79 Å². The van der Waals surface area contributed by atoms with Crippen molar-refractivity contribution in [2.75, 3.05) is 17.6 Å². The van der Waals surface area contributed by atoms with Crippen LogP contribution in [0.3, 0.4) is 0 Å². The molecular weight excluding hydrogens is 290 g/mol. The molecule has 23 heavy (non-hydrogen) atoms. The van der Waals surface area contributed by atoms with Crippen molar-refractivity contribution >= 4 is 28.3 Å². The Morgan fingerprint density at radius 1 is 1.17 bits per heavy atom. The predicted octanol–water partition coefficient (Wildman–Crippen LogP) is 1.79. The minimum absolute atomic E-state index is 0.325. The van der Waals surface area contributed by atoms with E-state index in [1.807, 2.05) is 28.8 Å². The first-order valence-corrected chi connectivity index (χ1v) is 7.40. The van der Waals surface area contributed by atoms with Gasteiger partial charge in [0.05, 0.1) is 5.52 Å². The Balaban J connectivity index is 1.88. The maximum absolute atomic E-state index is 12.4. The zero-order chi connectivity index (χ0) is 15.8. The summed E-state index contributed by atoms with van der Waals surface area (Å²) >= 11 is 0. The summed E-state index contributed by atoms with van der Waals surface area (Å²) in [6, 6.07) is 14.6. The fraction of sp³-hybridized carbons (Fsp3) is 0.118. The van der Waals surface area contributed by atoms with Gasteiger partial charge in [0.2, 0.25) is 5.62 Å². The molecule has 6 heteroatoms. The summed E-state index contributed by atoms with van der Waals surface area (Å²) in [4.78, 5) is 21.1. The number of nitrogens with zero attached hydrogens (tertiary/aromatic N) is 3. The molecule has 0 fully saturated rings.